The Balaban J connectivity index is 1.95. The Bertz CT molecular complexity index is 855. The van der Waals surface area contributed by atoms with Crippen LogP contribution in [0.15, 0.2) is 103 Å². The van der Waals surface area contributed by atoms with Gasteiger partial charge in [0.1, 0.15) is 6.04 Å². The highest BCUT2D eigenvalue weighted by Crippen LogP contribution is 2.37. The van der Waals surface area contributed by atoms with Gasteiger partial charge in [0.25, 0.3) is 0 Å². The third-order valence-corrected chi connectivity index (χ3v) is 5.34. The fourth-order valence-corrected chi connectivity index (χ4v) is 3.92. The third kappa shape index (κ3) is 3.25. The zero-order valence-corrected chi connectivity index (χ0v) is 16.0. The number of hydrogen-bond donors (Lipinski definition) is 1. The first-order valence-electron chi connectivity index (χ1n) is 9.58. The number of likely N-dealkylation sites (N-methyl/N-ethyl adjacent to an activating group) is 1. The molecule has 1 aliphatic rings. The topological polar surface area (TPSA) is 32.3 Å². The van der Waals surface area contributed by atoms with Crippen LogP contribution in [0, 0.1) is 0 Å². The predicted octanol–water partition coefficient (Wildman–Crippen LogP) is 3.96. The van der Waals surface area contributed by atoms with Gasteiger partial charge in [-0.1, -0.05) is 103 Å². The molecule has 0 saturated carbocycles. The fourth-order valence-electron chi connectivity index (χ4n) is 3.92. The van der Waals surface area contributed by atoms with E-state index in [4.69, 9.17) is 0 Å². The molecule has 1 N–H and O–H groups in total. The zero-order valence-electron chi connectivity index (χ0n) is 16.0. The second kappa shape index (κ2) is 7.83. The maximum absolute atomic E-state index is 12.9. The zero-order chi connectivity index (χ0) is 19.4. The van der Waals surface area contributed by atoms with Gasteiger partial charge < -0.3 is 4.90 Å². The van der Waals surface area contributed by atoms with E-state index >= 15 is 0 Å². The van der Waals surface area contributed by atoms with Gasteiger partial charge >= 0.3 is 0 Å². The van der Waals surface area contributed by atoms with Crippen molar-refractivity contribution in [1.82, 2.24) is 10.2 Å². The molecule has 1 unspecified atom stereocenters. The van der Waals surface area contributed by atoms with E-state index in [-0.39, 0.29) is 5.91 Å². The number of carbonyl (C=O) groups excluding carboxylic acids is 1. The predicted molar refractivity (Wildman–Crippen MR) is 113 cm³/mol. The van der Waals surface area contributed by atoms with Crippen molar-refractivity contribution in [2.45, 2.75) is 11.6 Å². The molecule has 0 aromatic heterocycles. The first-order chi connectivity index (χ1) is 13.7. The quantitative estimate of drug-likeness (QED) is 0.546. The van der Waals surface area contributed by atoms with Crippen molar-refractivity contribution < 1.29 is 4.79 Å². The summed E-state index contributed by atoms with van der Waals surface area (Å²) >= 11 is 0. The van der Waals surface area contributed by atoms with Crippen LogP contribution in [0.5, 0.6) is 0 Å². The highest BCUT2D eigenvalue weighted by Gasteiger charge is 2.40. The Morgan fingerprint density at radius 1 is 0.786 bits per heavy atom. The monoisotopic (exact) mass is 368 g/mol. The molecule has 0 saturated heterocycles. The lowest BCUT2D eigenvalue weighted by molar-refractivity contribution is -0.131. The van der Waals surface area contributed by atoms with Gasteiger partial charge in [-0.25, -0.2) is 0 Å². The van der Waals surface area contributed by atoms with Crippen molar-refractivity contribution in [2.24, 2.45) is 0 Å². The molecule has 4 rings (SSSR count). The largest absolute Gasteiger partial charge is 0.340 e. The lowest BCUT2D eigenvalue weighted by Gasteiger charge is -2.40. The van der Waals surface area contributed by atoms with E-state index in [0.29, 0.717) is 6.54 Å². The second-order valence-electron chi connectivity index (χ2n) is 7.12. The molecule has 1 aliphatic heterocycles. The highest BCUT2D eigenvalue weighted by molar-refractivity contribution is 5.85. The molecule has 28 heavy (non-hydrogen) atoms. The first-order valence-corrected chi connectivity index (χ1v) is 9.58. The molecule has 0 radical (unpaired) electrons. The molecule has 0 fully saturated rings. The summed E-state index contributed by atoms with van der Waals surface area (Å²) in [6.07, 6.45) is 4.02. The standard InChI is InChI=1S/C25H24N2O/c1-27-19-11-18-23(24(27)28)26-25(20-12-5-2-6-13-20,21-14-7-3-8-15-21)22-16-9-4-10-17-22/h2-18,23,26H,19H2,1H3. The number of rotatable bonds is 5. The van der Waals surface area contributed by atoms with Crippen LogP contribution in [0.3, 0.4) is 0 Å². The van der Waals surface area contributed by atoms with Crippen molar-refractivity contribution >= 4 is 5.91 Å². The van der Waals surface area contributed by atoms with Gasteiger partial charge in [-0.3, -0.25) is 10.1 Å². The average molecular weight is 368 g/mol. The number of benzene rings is 3. The van der Waals surface area contributed by atoms with Gasteiger partial charge in [-0.15, -0.1) is 0 Å². The summed E-state index contributed by atoms with van der Waals surface area (Å²) in [4.78, 5) is 14.7. The summed E-state index contributed by atoms with van der Waals surface area (Å²) in [6.45, 7) is 0.645. The van der Waals surface area contributed by atoms with Crippen LogP contribution in [0.25, 0.3) is 0 Å². The van der Waals surface area contributed by atoms with Crippen molar-refractivity contribution in [3.63, 3.8) is 0 Å². The molecule has 3 aromatic rings. The molecule has 3 nitrogen and oxygen atoms in total. The van der Waals surface area contributed by atoms with Crippen LogP contribution in [0.1, 0.15) is 16.7 Å². The number of nitrogens with one attached hydrogen (secondary N) is 1. The minimum Gasteiger partial charge on any atom is -0.340 e. The van der Waals surface area contributed by atoms with Crippen molar-refractivity contribution in [2.75, 3.05) is 13.6 Å². The molecule has 1 atom stereocenters. The van der Waals surface area contributed by atoms with Crippen LogP contribution >= 0.6 is 0 Å². The first kappa shape index (κ1) is 18.2. The van der Waals surface area contributed by atoms with Gasteiger partial charge in [0, 0.05) is 13.6 Å². The summed E-state index contributed by atoms with van der Waals surface area (Å²) in [5, 5.41) is 3.72. The number of hydrogen-bond acceptors (Lipinski definition) is 2. The number of amides is 1. The molecule has 1 amide bonds. The van der Waals surface area contributed by atoms with Crippen LogP contribution < -0.4 is 5.32 Å². The Morgan fingerprint density at radius 3 is 1.64 bits per heavy atom. The lowest BCUT2D eigenvalue weighted by Crippen LogP contribution is -2.55. The minimum atomic E-state index is -0.646. The van der Waals surface area contributed by atoms with E-state index in [9.17, 15) is 4.79 Å². The molecule has 0 spiro atoms. The number of nitrogens with zero attached hydrogens (tertiary/aromatic N) is 1. The van der Waals surface area contributed by atoms with Gasteiger partial charge in [-0.05, 0) is 16.7 Å². The Kier molecular flexibility index (Phi) is 5.09. The van der Waals surface area contributed by atoms with Crippen LogP contribution in [0.4, 0.5) is 0 Å². The Hall–Kier alpha value is -3.17. The van der Waals surface area contributed by atoms with Gasteiger partial charge in [0.05, 0.1) is 5.54 Å². The van der Waals surface area contributed by atoms with Crippen molar-refractivity contribution in [3.05, 3.63) is 120 Å². The Labute approximate surface area is 166 Å². The molecule has 0 aliphatic carbocycles. The molecule has 140 valence electrons. The summed E-state index contributed by atoms with van der Waals surface area (Å²) in [6, 6.07) is 30.6. The van der Waals surface area contributed by atoms with Gasteiger partial charge in [0.2, 0.25) is 5.91 Å². The smallest absolute Gasteiger partial charge is 0.243 e. The summed E-state index contributed by atoms with van der Waals surface area (Å²) in [5.41, 5.74) is 2.65. The van der Waals surface area contributed by atoms with E-state index in [0.717, 1.165) is 16.7 Å². The second-order valence-corrected chi connectivity index (χ2v) is 7.12. The summed E-state index contributed by atoms with van der Waals surface area (Å²) in [7, 11) is 1.84. The lowest BCUT2D eigenvalue weighted by atomic mass is 9.76. The fraction of sp³-hybridized carbons (Fsp3) is 0.160. The van der Waals surface area contributed by atoms with E-state index < -0.39 is 11.6 Å². The van der Waals surface area contributed by atoms with E-state index in [1.54, 1.807) is 4.90 Å². The maximum Gasteiger partial charge on any atom is 0.243 e. The molecule has 3 heteroatoms. The van der Waals surface area contributed by atoms with Crippen molar-refractivity contribution in [3.8, 4) is 0 Å². The highest BCUT2D eigenvalue weighted by atomic mass is 16.2. The average Bonchev–Trinajstić information content (AvgIpc) is 2.77. The molecular weight excluding hydrogens is 344 g/mol. The van der Waals surface area contributed by atoms with Gasteiger partial charge in [-0.2, -0.15) is 0 Å². The van der Waals surface area contributed by atoms with Crippen LogP contribution in [0.2, 0.25) is 0 Å². The van der Waals surface area contributed by atoms with Crippen LogP contribution in [-0.2, 0) is 10.3 Å². The minimum absolute atomic E-state index is 0.0784. The molecule has 3 aromatic carbocycles. The summed E-state index contributed by atoms with van der Waals surface area (Å²) in [5.74, 6) is 0.0784. The molecule has 0 bridgehead atoms. The summed E-state index contributed by atoms with van der Waals surface area (Å²) < 4.78 is 0. The SMILES string of the molecule is CN1CC=CC(NC(c2ccccc2)(c2ccccc2)c2ccccc2)C1=O. The van der Waals surface area contributed by atoms with E-state index in [1.807, 2.05) is 73.8 Å². The molecule has 1 heterocycles. The normalized spacial score (nSPS) is 17.0. The number of carbonyl (C=O) groups is 1. The van der Waals surface area contributed by atoms with Gasteiger partial charge in [0.15, 0.2) is 0 Å². The maximum atomic E-state index is 12.9. The molecular formula is C25H24N2O. The van der Waals surface area contributed by atoms with Crippen molar-refractivity contribution in [1.29, 1.82) is 0 Å². The van der Waals surface area contributed by atoms with E-state index in [2.05, 4.69) is 41.7 Å². The third-order valence-electron chi connectivity index (χ3n) is 5.34. The Morgan fingerprint density at radius 2 is 1.21 bits per heavy atom. The van der Waals surface area contributed by atoms with Crippen LogP contribution in [-0.4, -0.2) is 30.4 Å². The van der Waals surface area contributed by atoms with E-state index in [1.165, 1.54) is 0 Å².